The fourth-order valence-corrected chi connectivity index (χ4v) is 2.37. The summed E-state index contributed by atoms with van der Waals surface area (Å²) in [5.74, 6) is 0.978. The molecule has 0 saturated carbocycles. The van der Waals surface area contributed by atoms with Crippen molar-refractivity contribution < 1.29 is 0 Å². The molecule has 3 rings (SSSR count). The van der Waals surface area contributed by atoms with Gasteiger partial charge in [-0.05, 0) is 29.8 Å². The third-order valence-electron chi connectivity index (χ3n) is 2.78. The number of nitrogens with zero attached hydrogens (tertiary/aromatic N) is 3. The van der Waals surface area contributed by atoms with Crippen molar-refractivity contribution >= 4 is 40.8 Å². The average molecular weight is 335 g/mol. The number of benzene rings is 1. The summed E-state index contributed by atoms with van der Waals surface area (Å²) in [4.78, 5) is 8.33. The lowest BCUT2D eigenvalue weighted by Gasteiger charge is -2.03. The van der Waals surface area contributed by atoms with Gasteiger partial charge in [-0.15, -0.1) is 5.10 Å². The van der Waals surface area contributed by atoms with Crippen molar-refractivity contribution in [3.05, 3.63) is 58.3 Å². The van der Waals surface area contributed by atoms with Crippen LogP contribution in [0.5, 0.6) is 0 Å². The summed E-state index contributed by atoms with van der Waals surface area (Å²) in [6.45, 7) is 0.591. The Morgan fingerprint density at radius 1 is 1.14 bits per heavy atom. The average Bonchev–Trinajstić information content (AvgIpc) is 2.93. The highest BCUT2D eigenvalue weighted by Crippen LogP contribution is 2.24. The number of hydrogen-bond acceptors (Lipinski definition) is 5. The molecule has 22 heavy (non-hydrogen) atoms. The van der Waals surface area contributed by atoms with E-state index in [0.29, 0.717) is 28.5 Å². The van der Waals surface area contributed by atoms with E-state index in [0.717, 1.165) is 11.3 Å². The summed E-state index contributed by atoms with van der Waals surface area (Å²) in [5.41, 5.74) is 1.77. The first-order chi connectivity index (χ1) is 10.7. The van der Waals surface area contributed by atoms with Gasteiger partial charge in [-0.3, -0.25) is 4.98 Å². The molecule has 112 valence electrons. The Labute approximate surface area is 136 Å². The molecule has 0 fully saturated rings. The van der Waals surface area contributed by atoms with E-state index in [4.69, 9.17) is 23.2 Å². The largest absolute Gasteiger partial charge is 0.349 e. The molecule has 3 aromatic rings. The van der Waals surface area contributed by atoms with E-state index < -0.39 is 0 Å². The second-order valence-electron chi connectivity index (χ2n) is 4.51. The molecular formula is C14H12Cl2N6. The fraction of sp³-hybridized carbons (Fsp3) is 0.0714. The summed E-state index contributed by atoms with van der Waals surface area (Å²) in [5, 5.41) is 14.1. The molecule has 6 nitrogen and oxygen atoms in total. The van der Waals surface area contributed by atoms with Crippen LogP contribution in [0.1, 0.15) is 5.56 Å². The molecule has 0 amide bonds. The van der Waals surface area contributed by atoms with Gasteiger partial charge in [0.05, 0.1) is 0 Å². The van der Waals surface area contributed by atoms with E-state index in [1.807, 2.05) is 12.1 Å². The Balaban J connectivity index is 1.63. The Morgan fingerprint density at radius 2 is 1.95 bits per heavy atom. The maximum Gasteiger partial charge on any atom is 0.243 e. The topological polar surface area (TPSA) is 78.5 Å². The first-order valence-corrected chi connectivity index (χ1v) is 7.23. The summed E-state index contributed by atoms with van der Waals surface area (Å²) in [7, 11) is 0. The molecule has 0 aliphatic heterocycles. The van der Waals surface area contributed by atoms with Crippen LogP contribution in [0.15, 0.2) is 42.7 Å². The lowest BCUT2D eigenvalue weighted by molar-refractivity contribution is 1.04. The predicted molar refractivity (Wildman–Crippen MR) is 87.7 cm³/mol. The molecule has 0 radical (unpaired) electrons. The number of halogens is 2. The quantitative estimate of drug-likeness (QED) is 0.660. The molecular weight excluding hydrogens is 323 g/mol. The van der Waals surface area contributed by atoms with Crippen molar-refractivity contribution in [1.29, 1.82) is 0 Å². The van der Waals surface area contributed by atoms with Crippen LogP contribution in [0.3, 0.4) is 0 Å². The van der Waals surface area contributed by atoms with E-state index in [2.05, 4.69) is 30.8 Å². The number of nitrogens with one attached hydrogen (secondary N) is 3. The van der Waals surface area contributed by atoms with Gasteiger partial charge in [0.25, 0.3) is 0 Å². The highest BCUT2D eigenvalue weighted by atomic mass is 35.5. The summed E-state index contributed by atoms with van der Waals surface area (Å²) in [6.07, 6.45) is 3.52. The van der Waals surface area contributed by atoms with Gasteiger partial charge in [-0.1, -0.05) is 29.3 Å². The Hall–Kier alpha value is -2.31. The van der Waals surface area contributed by atoms with Crippen LogP contribution in [0.2, 0.25) is 10.0 Å². The lowest BCUT2D eigenvalue weighted by Crippen LogP contribution is -2.01. The van der Waals surface area contributed by atoms with Gasteiger partial charge in [0.2, 0.25) is 11.9 Å². The van der Waals surface area contributed by atoms with Crippen LogP contribution >= 0.6 is 23.2 Å². The van der Waals surface area contributed by atoms with E-state index in [1.54, 1.807) is 30.6 Å². The zero-order chi connectivity index (χ0) is 15.4. The number of aromatic amines is 1. The SMILES string of the molecule is Clc1cc(Cl)cc(Nc2nc(NCc3cccnc3)n[nH]2)c1. The number of H-pyrrole nitrogens is 1. The third-order valence-corrected chi connectivity index (χ3v) is 3.22. The van der Waals surface area contributed by atoms with Crippen molar-refractivity contribution in [3.63, 3.8) is 0 Å². The summed E-state index contributed by atoms with van der Waals surface area (Å²) in [6, 6.07) is 9.01. The maximum atomic E-state index is 5.95. The van der Waals surface area contributed by atoms with Gasteiger partial charge in [0.1, 0.15) is 0 Å². The van der Waals surface area contributed by atoms with Crippen molar-refractivity contribution in [3.8, 4) is 0 Å². The standard InChI is InChI=1S/C14H12Cl2N6/c15-10-4-11(16)6-12(5-10)19-14-20-13(21-22-14)18-8-9-2-1-3-17-7-9/h1-7H,8H2,(H3,18,19,20,21,22). The minimum Gasteiger partial charge on any atom is -0.349 e. The monoisotopic (exact) mass is 334 g/mol. The van der Waals surface area contributed by atoms with Gasteiger partial charge in [0, 0.05) is 34.7 Å². The molecule has 1 aromatic carbocycles. The first kappa shape index (κ1) is 14.6. The highest BCUT2D eigenvalue weighted by molar-refractivity contribution is 6.35. The number of pyridine rings is 1. The molecule has 0 bridgehead atoms. The molecule has 0 saturated heterocycles. The molecule has 0 aliphatic carbocycles. The first-order valence-electron chi connectivity index (χ1n) is 6.47. The maximum absolute atomic E-state index is 5.95. The molecule has 8 heteroatoms. The Bertz CT molecular complexity index is 739. The van der Waals surface area contributed by atoms with Gasteiger partial charge < -0.3 is 10.6 Å². The van der Waals surface area contributed by atoms with E-state index in [9.17, 15) is 0 Å². The Morgan fingerprint density at radius 3 is 2.68 bits per heavy atom. The van der Waals surface area contributed by atoms with Crippen molar-refractivity contribution in [2.45, 2.75) is 6.54 Å². The van der Waals surface area contributed by atoms with E-state index in [-0.39, 0.29) is 0 Å². The van der Waals surface area contributed by atoms with Gasteiger partial charge >= 0.3 is 0 Å². The Kier molecular flexibility index (Phi) is 4.41. The third kappa shape index (κ3) is 3.87. The fourth-order valence-electron chi connectivity index (χ4n) is 1.84. The van der Waals surface area contributed by atoms with Crippen LogP contribution in [0.25, 0.3) is 0 Å². The second kappa shape index (κ2) is 6.64. The normalized spacial score (nSPS) is 10.5. The number of anilines is 3. The number of aromatic nitrogens is 4. The van der Waals surface area contributed by atoms with Crippen LogP contribution < -0.4 is 10.6 Å². The molecule has 0 atom stereocenters. The second-order valence-corrected chi connectivity index (χ2v) is 5.38. The molecule has 0 unspecified atom stereocenters. The van der Waals surface area contributed by atoms with Crippen LogP contribution in [0.4, 0.5) is 17.6 Å². The zero-order valence-electron chi connectivity index (χ0n) is 11.3. The van der Waals surface area contributed by atoms with Crippen LogP contribution in [0, 0.1) is 0 Å². The van der Waals surface area contributed by atoms with Crippen molar-refractivity contribution in [2.75, 3.05) is 10.6 Å². The predicted octanol–water partition coefficient (Wildman–Crippen LogP) is 3.86. The van der Waals surface area contributed by atoms with Crippen molar-refractivity contribution in [1.82, 2.24) is 20.2 Å². The summed E-state index contributed by atoms with van der Waals surface area (Å²) < 4.78 is 0. The zero-order valence-corrected chi connectivity index (χ0v) is 12.9. The smallest absolute Gasteiger partial charge is 0.243 e. The number of hydrogen-bond donors (Lipinski definition) is 3. The summed E-state index contributed by atoms with van der Waals surface area (Å²) >= 11 is 11.9. The lowest BCUT2D eigenvalue weighted by atomic mass is 10.3. The van der Waals surface area contributed by atoms with Crippen molar-refractivity contribution in [2.24, 2.45) is 0 Å². The molecule has 0 aliphatic rings. The molecule has 0 spiro atoms. The minimum absolute atomic E-state index is 0.486. The molecule has 3 N–H and O–H groups in total. The molecule has 2 aromatic heterocycles. The van der Waals surface area contributed by atoms with Crippen LogP contribution in [-0.4, -0.2) is 20.2 Å². The van der Waals surface area contributed by atoms with Crippen LogP contribution in [-0.2, 0) is 6.54 Å². The number of rotatable bonds is 5. The highest BCUT2D eigenvalue weighted by Gasteiger charge is 2.04. The van der Waals surface area contributed by atoms with Gasteiger partial charge in [-0.25, -0.2) is 5.10 Å². The van der Waals surface area contributed by atoms with Gasteiger partial charge in [0.15, 0.2) is 0 Å². The molecule has 2 heterocycles. The minimum atomic E-state index is 0.486. The van der Waals surface area contributed by atoms with Gasteiger partial charge in [-0.2, -0.15) is 4.98 Å². The van der Waals surface area contributed by atoms with E-state index >= 15 is 0 Å². The van der Waals surface area contributed by atoms with E-state index in [1.165, 1.54) is 0 Å².